The average molecular weight is 431 g/mol. The molecule has 0 fully saturated rings. The van der Waals surface area contributed by atoms with E-state index in [2.05, 4.69) is 5.32 Å². The minimum Gasteiger partial charge on any atom is -0.335 e. The number of carbonyl (C=O) groups is 1. The van der Waals surface area contributed by atoms with E-state index in [-0.39, 0.29) is 27.8 Å². The number of benzene rings is 2. The van der Waals surface area contributed by atoms with Crippen molar-refractivity contribution < 1.29 is 17.6 Å². The third-order valence-electron chi connectivity index (χ3n) is 4.74. The monoisotopic (exact) mass is 431 g/mol. The molecule has 1 amide bonds. The van der Waals surface area contributed by atoms with Crippen molar-refractivity contribution in [2.75, 3.05) is 18.4 Å². The van der Waals surface area contributed by atoms with Gasteiger partial charge >= 0.3 is 0 Å². The number of aromatic nitrogens is 1. The Labute approximate surface area is 173 Å². The highest BCUT2D eigenvalue weighted by Gasteiger charge is 2.21. The Morgan fingerprint density at radius 3 is 2.37 bits per heavy atom. The van der Waals surface area contributed by atoms with E-state index in [1.54, 1.807) is 13.8 Å². The number of rotatable bonds is 7. The Kier molecular flexibility index (Phi) is 6.33. The lowest BCUT2D eigenvalue weighted by Gasteiger charge is -2.18. The average Bonchev–Trinajstić information content (AvgIpc) is 2.71. The molecule has 1 heterocycles. The molecule has 0 spiro atoms. The van der Waals surface area contributed by atoms with E-state index in [4.69, 9.17) is 0 Å². The fourth-order valence-electron chi connectivity index (χ4n) is 3.24. The zero-order valence-electron chi connectivity index (χ0n) is 16.6. The summed E-state index contributed by atoms with van der Waals surface area (Å²) in [5, 5.41) is 2.85. The molecule has 1 aromatic heterocycles. The minimum atomic E-state index is -3.58. The van der Waals surface area contributed by atoms with Crippen LogP contribution >= 0.6 is 0 Å². The Morgan fingerprint density at radius 2 is 1.73 bits per heavy atom. The van der Waals surface area contributed by atoms with Crippen molar-refractivity contribution in [2.24, 2.45) is 0 Å². The number of fused-ring (bicyclic) bond motifs is 1. The summed E-state index contributed by atoms with van der Waals surface area (Å²) in [6.07, 6.45) is 1.37. The smallest absolute Gasteiger partial charge is 0.244 e. The number of anilines is 1. The molecule has 0 saturated carbocycles. The second-order valence-electron chi connectivity index (χ2n) is 6.61. The Hall–Kier alpha value is -3.04. The number of halogens is 1. The molecule has 1 N–H and O–H groups in total. The minimum absolute atomic E-state index is 0.0563. The number of pyridine rings is 1. The van der Waals surface area contributed by atoms with Gasteiger partial charge in [0, 0.05) is 36.4 Å². The van der Waals surface area contributed by atoms with Gasteiger partial charge in [0.15, 0.2) is 5.43 Å². The first-order valence-electron chi connectivity index (χ1n) is 9.45. The van der Waals surface area contributed by atoms with Crippen LogP contribution in [0.15, 0.2) is 64.4 Å². The van der Waals surface area contributed by atoms with Gasteiger partial charge in [0.2, 0.25) is 15.9 Å². The molecule has 3 rings (SSSR count). The molecule has 0 aliphatic heterocycles. The highest BCUT2D eigenvalue weighted by atomic mass is 32.2. The largest absolute Gasteiger partial charge is 0.335 e. The highest BCUT2D eigenvalue weighted by molar-refractivity contribution is 7.89. The quantitative estimate of drug-likeness (QED) is 0.623. The van der Waals surface area contributed by atoms with Gasteiger partial charge < -0.3 is 9.88 Å². The van der Waals surface area contributed by atoms with Crippen molar-refractivity contribution in [3.8, 4) is 0 Å². The van der Waals surface area contributed by atoms with E-state index in [0.29, 0.717) is 18.8 Å². The molecule has 30 heavy (non-hydrogen) atoms. The van der Waals surface area contributed by atoms with E-state index in [0.717, 1.165) is 0 Å². The molecular weight excluding hydrogens is 409 g/mol. The SMILES string of the molecule is CCN(CC)S(=O)(=O)c1ccc(NC(=O)Cn2ccc(=O)c3cccc(F)c32)cc1. The predicted molar refractivity (Wildman–Crippen MR) is 113 cm³/mol. The summed E-state index contributed by atoms with van der Waals surface area (Å²) in [6.45, 7) is 4.04. The molecule has 158 valence electrons. The van der Waals surface area contributed by atoms with Crippen LogP contribution in [0.3, 0.4) is 0 Å². The Morgan fingerprint density at radius 1 is 1.07 bits per heavy atom. The van der Waals surface area contributed by atoms with Gasteiger partial charge in [0.1, 0.15) is 12.4 Å². The van der Waals surface area contributed by atoms with Gasteiger partial charge in [-0.25, -0.2) is 12.8 Å². The van der Waals surface area contributed by atoms with Gasteiger partial charge in [0.05, 0.1) is 10.4 Å². The Bertz CT molecular complexity index is 1230. The first-order chi connectivity index (χ1) is 14.3. The van der Waals surface area contributed by atoms with Gasteiger partial charge in [-0.2, -0.15) is 4.31 Å². The van der Waals surface area contributed by atoms with Crippen LogP contribution < -0.4 is 10.7 Å². The topological polar surface area (TPSA) is 88.5 Å². The van der Waals surface area contributed by atoms with Crippen molar-refractivity contribution in [1.29, 1.82) is 0 Å². The second-order valence-corrected chi connectivity index (χ2v) is 8.54. The van der Waals surface area contributed by atoms with Gasteiger partial charge in [-0.15, -0.1) is 0 Å². The van der Waals surface area contributed by atoms with Gasteiger partial charge in [-0.1, -0.05) is 19.9 Å². The lowest BCUT2D eigenvalue weighted by atomic mass is 10.2. The van der Waals surface area contributed by atoms with Gasteiger partial charge in [-0.05, 0) is 36.4 Å². The number of para-hydroxylation sites is 1. The van der Waals surface area contributed by atoms with Crippen LogP contribution in [-0.4, -0.2) is 36.3 Å². The summed E-state index contributed by atoms with van der Waals surface area (Å²) in [4.78, 5) is 24.5. The molecule has 0 radical (unpaired) electrons. The van der Waals surface area contributed by atoms with Crippen LogP contribution in [0.2, 0.25) is 0 Å². The normalized spacial score (nSPS) is 11.7. The van der Waals surface area contributed by atoms with Crippen molar-refractivity contribution in [2.45, 2.75) is 25.3 Å². The molecular formula is C21H22FN3O4S. The maximum atomic E-state index is 14.2. The number of sulfonamides is 1. The summed E-state index contributed by atoms with van der Waals surface area (Å²) in [7, 11) is -3.58. The van der Waals surface area contributed by atoms with E-state index in [1.165, 1.54) is 63.6 Å². The number of amides is 1. The van der Waals surface area contributed by atoms with Crippen LogP contribution in [0.25, 0.3) is 10.9 Å². The third kappa shape index (κ3) is 4.27. The molecule has 0 aliphatic rings. The Balaban J connectivity index is 1.79. The number of nitrogens with one attached hydrogen (secondary N) is 1. The zero-order valence-corrected chi connectivity index (χ0v) is 17.4. The number of nitrogens with zero attached hydrogens (tertiary/aromatic N) is 2. The van der Waals surface area contributed by atoms with Crippen LogP contribution in [0.4, 0.5) is 10.1 Å². The summed E-state index contributed by atoms with van der Waals surface area (Å²) in [6, 6.07) is 11.3. The molecule has 3 aromatic rings. The van der Waals surface area contributed by atoms with E-state index in [1.807, 2.05) is 0 Å². The molecule has 0 unspecified atom stereocenters. The van der Waals surface area contributed by atoms with Crippen molar-refractivity contribution in [1.82, 2.24) is 8.87 Å². The zero-order chi connectivity index (χ0) is 21.9. The summed E-state index contributed by atoms with van der Waals surface area (Å²) in [5.74, 6) is -1.04. The molecule has 7 nitrogen and oxygen atoms in total. The first-order valence-corrected chi connectivity index (χ1v) is 10.9. The lowest BCUT2D eigenvalue weighted by Crippen LogP contribution is -2.30. The van der Waals surface area contributed by atoms with Crippen LogP contribution in [-0.2, 0) is 21.4 Å². The van der Waals surface area contributed by atoms with Crippen LogP contribution in [0.5, 0.6) is 0 Å². The predicted octanol–water partition coefficient (Wildman–Crippen LogP) is 2.81. The lowest BCUT2D eigenvalue weighted by molar-refractivity contribution is -0.116. The van der Waals surface area contributed by atoms with E-state index in [9.17, 15) is 22.4 Å². The fourth-order valence-corrected chi connectivity index (χ4v) is 4.70. The standard InChI is InChI=1S/C21H22FN3O4S/c1-3-25(4-2)30(28,29)16-10-8-15(9-11-16)23-20(27)14-24-13-12-19(26)17-6-5-7-18(22)21(17)24/h5-13H,3-4,14H2,1-2H3,(H,23,27). The summed E-state index contributed by atoms with van der Waals surface area (Å²) < 4.78 is 42.0. The van der Waals surface area contributed by atoms with E-state index >= 15 is 0 Å². The number of hydrogen-bond acceptors (Lipinski definition) is 4. The summed E-state index contributed by atoms with van der Waals surface area (Å²) in [5.41, 5.74) is 0.135. The second kappa shape index (κ2) is 8.76. The maximum absolute atomic E-state index is 14.2. The number of hydrogen-bond donors (Lipinski definition) is 1. The molecule has 0 atom stereocenters. The molecule has 0 bridgehead atoms. The maximum Gasteiger partial charge on any atom is 0.244 e. The number of carbonyl (C=O) groups excluding carboxylic acids is 1. The van der Waals surface area contributed by atoms with Crippen molar-refractivity contribution in [3.63, 3.8) is 0 Å². The van der Waals surface area contributed by atoms with Crippen LogP contribution in [0, 0.1) is 5.82 Å². The molecule has 0 saturated heterocycles. The van der Waals surface area contributed by atoms with Gasteiger partial charge in [-0.3, -0.25) is 9.59 Å². The van der Waals surface area contributed by atoms with Crippen molar-refractivity contribution in [3.05, 3.63) is 70.8 Å². The van der Waals surface area contributed by atoms with E-state index < -0.39 is 21.7 Å². The molecule has 9 heteroatoms. The van der Waals surface area contributed by atoms with Crippen LogP contribution in [0.1, 0.15) is 13.8 Å². The third-order valence-corrected chi connectivity index (χ3v) is 6.80. The molecule has 2 aromatic carbocycles. The molecule has 0 aliphatic carbocycles. The summed E-state index contributed by atoms with van der Waals surface area (Å²) >= 11 is 0. The first kappa shape index (κ1) is 21.7. The van der Waals surface area contributed by atoms with Gasteiger partial charge in [0.25, 0.3) is 0 Å². The fraction of sp³-hybridized carbons (Fsp3) is 0.238. The highest BCUT2D eigenvalue weighted by Crippen LogP contribution is 2.19. The van der Waals surface area contributed by atoms with Crippen molar-refractivity contribution >= 4 is 32.5 Å².